The lowest BCUT2D eigenvalue weighted by Crippen LogP contribution is -2.10. The van der Waals surface area contributed by atoms with Crippen molar-refractivity contribution in [3.63, 3.8) is 0 Å². The molecule has 0 unspecified atom stereocenters. The molecule has 0 fully saturated rings. The Morgan fingerprint density at radius 2 is 2.19 bits per heavy atom. The molecule has 0 bridgehead atoms. The van der Waals surface area contributed by atoms with Crippen molar-refractivity contribution in [2.24, 2.45) is 0 Å². The number of nitrogens with zero attached hydrogens (tertiary/aromatic N) is 3. The van der Waals surface area contributed by atoms with Gasteiger partial charge >= 0.3 is 5.69 Å². The molecule has 0 atom stereocenters. The number of anilines is 1. The van der Waals surface area contributed by atoms with Crippen molar-refractivity contribution in [2.45, 2.75) is 13.3 Å². The van der Waals surface area contributed by atoms with E-state index in [0.29, 0.717) is 6.54 Å². The van der Waals surface area contributed by atoms with Gasteiger partial charge in [0.2, 0.25) is 5.82 Å². The second kappa shape index (κ2) is 6.65. The normalized spacial score (nSPS) is 10.2. The summed E-state index contributed by atoms with van der Waals surface area (Å²) in [7, 11) is 1.34. The van der Waals surface area contributed by atoms with E-state index < -0.39 is 4.92 Å². The van der Waals surface area contributed by atoms with Crippen LogP contribution in [0.4, 0.5) is 11.5 Å². The van der Waals surface area contributed by atoms with Crippen molar-refractivity contribution in [2.75, 3.05) is 19.0 Å². The van der Waals surface area contributed by atoms with E-state index in [4.69, 9.17) is 4.74 Å². The smallest absolute Gasteiger partial charge is 0.372 e. The standard InChI is InChI=1S/C14H16N4O3/c1-10-4-3-5-11(8-10)6-7-15-13-12(18(19)20)14(21-2)17-9-16-13/h3-5,8-9H,6-7H2,1-2H3,(H,15,16,17). The molecule has 0 saturated heterocycles. The maximum Gasteiger partial charge on any atom is 0.372 e. The minimum atomic E-state index is -0.548. The average molecular weight is 288 g/mol. The summed E-state index contributed by atoms with van der Waals surface area (Å²) in [5, 5.41) is 14.0. The lowest BCUT2D eigenvalue weighted by molar-refractivity contribution is -0.385. The van der Waals surface area contributed by atoms with Crippen LogP contribution in [0.3, 0.4) is 0 Å². The summed E-state index contributed by atoms with van der Waals surface area (Å²) in [5.74, 6) is 0.118. The Hall–Kier alpha value is -2.70. The monoisotopic (exact) mass is 288 g/mol. The highest BCUT2D eigenvalue weighted by atomic mass is 16.6. The van der Waals surface area contributed by atoms with E-state index in [9.17, 15) is 10.1 Å². The topological polar surface area (TPSA) is 90.2 Å². The summed E-state index contributed by atoms with van der Waals surface area (Å²) in [6, 6.07) is 8.11. The van der Waals surface area contributed by atoms with E-state index in [0.717, 1.165) is 12.0 Å². The molecule has 1 heterocycles. The molecule has 1 aromatic carbocycles. The Morgan fingerprint density at radius 1 is 1.38 bits per heavy atom. The van der Waals surface area contributed by atoms with Gasteiger partial charge in [0, 0.05) is 6.54 Å². The van der Waals surface area contributed by atoms with Crippen molar-refractivity contribution in [1.29, 1.82) is 0 Å². The van der Waals surface area contributed by atoms with Gasteiger partial charge in [-0.15, -0.1) is 0 Å². The van der Waals surface area contributed by atoms with Gasteiger partial charge in [-0.1, -0.05) is 29.8 Å². The molecular formula is C14H16N4O3. The molecule has 0 spiro atoms. The average Bonchev–Trinajstić information content (AvgIpc) is 2.46. The first kappa shape index (κ1) is 14.7. The minimum absolute atomic E-state index is 0.0481. The molecule has 110 valence electrons. The van der Waals surface area contributed by atoms with E-state index in [-0.39, 0.29) is 17.4 Å². The van der Waals surface area contributed by atoms with Crippen LogP contribution in [0, 0.1) is 17.0 Å². The molecule has 2 rings (SSSR count). The van der Waals surface area contributed by atoms with Crippen molar-refractivity contribution < 1.29 is 9.66 Å². The first-order chi connectivity index (χ1) is 10.1. The van der Waals surface area contributed by atoms with Gasteiger partial charge in [0.1, 0.15) is 6.33 Å². The third-order valence-corrected chi connectivity index (χ3v) is 2.95. The van der Waals surface area contributed by atoms with Gasteiger partial charge in [0.05, 0.1) is 12.0 Å². The molecule has 21 heavy (non-hydrogen) atoms. The molecule has 7 heteroatoms. The van der Waals surface area contributed by atoms with E-state index in [1.165, 1.54) is 19.0 Å². The van der Waals surface area contributed by atoms with Crippen molar-refractivity contribution in [3.8, 4) is 5.88 Å². The number of hydrogen-bond donors (Lipinski definition) is 1. The maximum atomic E-state index is 11.1. The van der Waals surface area contributed by atoms with E-state index in [1.807, 2.05) is 25.1 Å². The van der Waals surface area contributed by atoms with Crippen LogP contribution in [0.2, 0.25) is 0 Å². The second-order valence-corrected chi connectivity index (χ2v) is 4.50. The van der Waals surface area contributed by atoms with Crippen LogP contribution in [-0.2, 0) is 6.42 Å². The minimum Gasteiger partial charge on any atom is -0.476 e. The van der Waals surface area contributed by atoms with Crippen LogP contribution < -0.4 is 10.1 Å². The largest absolute Gasteiger partial charge is 0.476 e. The summed E-state index contributed by atoms with van der Waals surface area (Å²) in [5.41, 5.74) is 2.10. The SMILES string of the molecule is COc1ncnc(NCCc2cccc(C)c2)c1[N+](=O)[O-]. The fourth-order valence-corrected chi connectivity index (χ4v) is 2.00. The predicted molar refractivity (Wildman–Crippen MR) is 78.6 cm³/mol. The number of nitro groups is 1. The van der Waals surface area contributed by atoms with E-state index >= 15 is 0 Å². The number of aromatic nitrogens is 2. The number of aryl methyl sites for hydroxylation is 1. The number of ether oxygens (including phenoxy) is 1. The molecule has 1 aromatic heterocycles. The number of nitrogens with one attached hydrogen (secondary N) is 1. The van der Waals surface area contributed by atoms with Gasteiger partial charge < -0.3 is 10.1 Å². The highest BCUT2D eigenvalue weighted by Gasteiger charge is 2.23. The zero-order valence-electron chi connectivity index (χ0n) is 11.9. The zero-order chi connectivity index (χ0) is 15.2. The molecule has 7 nitrogen and oxygen atoms in total. The zero-order valence-corrected chi connectivity index (χ0v) is 11.9. The van der Waals surface area contributed by atoms with Gasteiger partial charge in [-0.25, -0.2) is 4.98 Å². The lowest BCUT2D eigenvalue weighted by Gasteiger charge is -2.08. The highest BCUT2D eigenvalue weighted by molar-refractivity contribution is 5.61. The molecular weight excluding hydrogens is 272 g/mol. The third-order valence-electron chi connectivity index (χ3n) is 2.95. The second-order valence-electron chi connectivity index (χ2n) is 4.50. The first-order valence-corrected chi connectivity index (χ1v) is 6.44. The van der Waals surface area contributed by atoms with E-state index in [2.05, 4.69) is 21.4 Å². The molecule has 1 N–H and O–H groups in total. The highest BCUT2D eigenvalue weighted by Crippen LogP contribution is 2.30. The predicted octanol–water partition coefficient (Wildman–Crippen LogP) is 2.36. The van der Waals surface area contributed by atoms with Gasteiger partial charge in [0.15, 0.2) is 0 Å². The Morgan fingerprint density at radius 3 is 2.86 bits per heavy atom. The van der Waals surface area contributed by atoms with Crippen LogP contribution >= 0.6 is 0 Å². The number of hydrogen-bond acceptors (Lipinski definition) is 6. The van der Waals surface area contributed by atoms with Crippen LogP contribution in [0.25, 0.3) is 0 Å². The molecule has 0 saturated carbocycles. The van der Waals surface area contributed by atoms with Crippen molar-refractivity contribution in [1.82, 2.24) is 9.97 Å². The van der Waals surface area contributed by atoms with Gasteiger partial charge in [-0.2, -0.15) is 4.98 Å². The fourth-order valence-electron chi connectivity index (χ4n) is 2.00. The van der Waals surface area contributed by atoms with Gasteiger partial charge in [-0.05, 0) is 18.9 Å². The van der Waals surface area contributed by atoms with Gasteiger partial charge in [0.25, 0.3) is 5.88 Å². The summed E-state index contributed by atoms with van der Waals surface area (Å²) < 4.78 is 4.89. The first-order valence-electron chi connectivity index (χ1n) is 6.44. The number of methoxy groups -OCH3 is 1. The molecule has 0 aliphatic heterocycles. The fraction of sp³-hybridized carbons (Fsp3) is 0.286. The molecule has 0 radical (unpaired) electrons. The summed E-state index contributed by atoms with van der Waals surface area (Å²) in [6.07, 6.45) is 1.98. The number of benzene rings is 1. The number of rotatable bonds is 6. The van der Waals surface area contributed by atoms with Crippen LogP contribution in [0.15, 0.2) is 30.6 Å². The third kappa shape index (κ3) is 3.65. The summed E-state index contributed by atoms with van der Waals surface area (Å²) in [4.78, 5) is 18.2. The van der Waals surface area contributed by atoms with Crippen LogP contribution in [0.5, 0.6) is 5.88 Å². The van der Waals surface area contributed by atoms with Crippen molar-refractivity contribution in [3.05, 3.63) is 51.8 Å². The van der Waals surface area contributed by atoms with Crippen molar-refractivity contribution >= 4 is 11.5 Å². The summed E-state index contributed by atoms with van der Waals surface area (Å²) in [6.45, 7) is 2.56. The lowest BCUT2D eigenvalue weighted by atomic mass is 10.1. The van der Waals surface area contributed by atoms with Crippen LogP contribution in [0.1, 0.15) is 11.1 Å². The van der Waals surface area contributed by atoms with E-state index in [1.54, 1.807) is 0 Å². The van der Waals surface area contributed by atoms with Crippen LogP contribution in [-0.4, -0.2) is 28.5 Å². The maximum absolute atomic E-state index is 11.1. The molecule has 2 aromatic rings. The van der Waals surface area contributed by atoms with Gasteiger partial charge in [-0.3, -0.25) is 10.1 Å². The summed E-state index contributed by atoms with van der Waals surface area (Å²) >= 11 is 0. The molecule has 0 aliphatic rings. The quantitative estimate of drug-likeness (QED) is 0.648. The Labute approximate surface area is 122 Å². The Balaban J connectivity index is 2.08. The molecule has 0 aliphatic carbocycles. The Bertz CT molecular complexity index is 646. The molecule has 0 amide bonds. The Kier molecular flexibility index (Phi) is 4.65.